The van der Waals surface area contributed by atoms with Crippen LogP contribution in [-0.4, -0.2) is 9.97 Å². The minimum atomic E-state index is 0.707. The van der Waals surface area contributed by atoms with Crippen molar-refractivity contribution in [1.29, 1.82) is 0 Å². The fourth-order valence-corrected chi connectivity index (χ4v) is 9.17. The molecule has 0 aliphatic carbocycles. The third-order valence-electron chi connectivity index (χ3n) is 10.6. The maximum atomic E-state index is 6.54. The first-order valence-electron chi connectivity index (χ1n) is 18.1. The lowest BCUT2D eigenvalue weighted by molar-refractivity contribution is 0.671. The Morgan fingerprint density at radius 2 is 0.981 bits per heavy atom. The number of thiophene rings is 1. The van der Waals surface area contributed by atoms with Crippen molar-refractivity contribution in [3.63, 3.8) is 0 Å². The highest BCUT2D eigenvalue weighted by Crippen LogP contribution is 2.41. The standard InChI is InChI=1S/C50H30N2OS/c1-2-16-40-33(9-1)25-26-44-47-49(53-48(40)44)46(51-30-52-47)39-15-7-11-35(29-39)32-23-21-31(22-24-32)34-10-5-12-36(27-34)37-13-6-14-38(28-37)41-18-8-19-43-42-17-3-4-20-45(42)54-50(41)43/h1-30H. The second-order valence-electron chi connectivity index (χ2n) is 13.8. The summed E-state index contributed by atoms with van der Waals surface area (Å²) in [6, 6.07) is 63.0. The average molecular weight is 707 g/mol. The predicted molar refractivity (Wildman–Crippen MR) is 227 cm³/mol. The van der Waals surface area contributed by atoms with E-state index >= 15 is 0 Å². The van der Waals surface area contributed by atoms with Crippen LogP contribution in [0.5, 0.6) is 0 Å². The Morgan fingerprint density at radius 3 is 1.76 bits per heavy atom. The number of hydrogen-bond donors (Lipinski definition) is 0. The number of nitrogens with zero attached hydrogens (tertiary/aromatic N) is 2. The summed E-state index contributed by atoms with van der Waals surface area (Å²) < 4.78 is 9.20. The summed E-state index contributed by atoms with van der Waals surface area (Å²) >= 11 is 1.87. The minimum absolute atomic E-state index is 0.707. The Hall–Kier alpha value is -6.88. The number of furan rings is 1. The van der Waals surface area contributed by atoms with E-state index in [1.165, 1.54) is 53.6 Å². The van der Waals surface area contributed by atoms with Crippen LogP contribution in [0.1, 0.15) is 0 Å². The largest absolute Gasteiger partial charge is 0.451 e. The third-order valence-corrected chi connectivity index (χ3v) is 11.8. The molecule has 0 aliphatic heterocycles. The van der Waals surface area contributed by atoms with Crippen molar-refractivity contribution in [3.05, 3.63) is 182 Å². The van der Waals surface area contributed by atoms with Gasteiger partial charge in [-0.1, -0.05) is 146 Å². The van der Waals surface area contributed by atoms with E-state index in [1.807, 2.05) is 23.5 Å². The first-order chi connectivity index (χ1) is 26.7. The van der Waals surface area contributed by atoms with Crippen molar-refractivity contribution in [3.8, 4) is 55.8 Å². The molecule has 0 saturated carbocycles. The Kier molecular flexibility index (Phi) is 7.04. The van der Waals surface area contributed by atoms with Gasteiger partial charge in [-0.15, -0.1) is 11.3 Å². The first kappa shape index (κ1) is 30.7. The van der Waals surface area contributed by atoms with E-state index < -0.39 is 0 Å². The van der Waals surface area contributed by atoms with E-state index in [0.717, 1.165) is 49.6 Å². The molecule has 0 radical (unpaired) electrons. The molecule has 0 spiro atoms. The SMILES string of the molecule is c1cc(-c2ccc(-c3cccc(-c4ncnc5c4oc4c6ccccc6ccc54)c3)cc2)cc(-c2cccc(-c3cccc4c3sc3ccccc34)c2)c1. The molecule has 4 heteroatoms. The zero-order valence-corrected chi connectivity index (χ0v) is 29.8. The van der Waals surface area contributed by atoms with Crippen LogP contribution in [0, 0.1) is 0 Å². The molecule has 0 saturated heterocycles. The molecular weight excluding hydrogens is 677 g/mol. The minimum Gasteiger partial charge on any atom is -0.451 e. The van der Waals surface area contributed by atoms with Gasteiger partial charge >= 0.3 is 0 Å². The van der Waals surface area contributed by atoms with Crippen molar-refractivity contribution in [1.82, 2.24) is 9.97 Å². The fraction of sp³-hybridized carbons (Fsp3) is 0. The smallest absolute Gasteiger partial charge is 0.180 e. The highest BCUT2D eigenvalue weighted by Gasteiger charge is 2.17. The van der Waals surface area contributed by atoms with Crippen molar-refractivity contribution in [2.24, 2.45) is 0 Å². The van der Waals surface area contributed by atoms with Crippen LogP contribution in [0.4, 0.5) is 0 Å². The van der Waals surface area contributed by atoms with Crippen molar-refractivity contribution in [2.75, 3.05) is 0 Å². The van der Waals surface area contributed by atoms with Gasteiger partial charge in [-0.2, -0.15) is 0 Å². The quantitative estimate of drug-likeness (QED) is 0.179. The lowest BCUT2D eigenvalue weighted by Crippen LogP contribution is -1.88. The van der Waals surface area contributed by atoms with E-state index in [9.17, 15) is 0 Å². The molecule has 0 unspecified atom stereocenters. The third kappa shape index (κ3) is 5.03. The van der Waals surface area contributed by atoms with Crippen LogP contribution in [-0.2, 0) is 0 Å². The number of benzene rings is 8. The summed E-state index contributed by atoms with van der Waals surface area (Å²) in [5, 5.41) is 5.86. The molecule has 3 heterocycles. The molecule has 0 amide bonds. The maximum Gasteiger partial charge on any atom is 0.180 e. The van der Waals surface area contributed by atoms with Crippen LogP contribution < -0.4 is 0 Å². The molecule has 0 N–H and O–H groups in total. The summed E-state index contributed by atoms with van der Waals surface area (Å²) in [5.41, 5.74) is 13.7. The van der Waals surface area contributed by atoms with Crippen molar-refractivity contribution < 1.29 is 4.42 Å². The Bertz CT molecular complexity index is 3230. The van der Waals surface area contributed by atoms with Gasteiger partial charge in [-0.3, -0.25) is 0 Å². The Labute approximate surface area is 315 Å². The maximum absolute atomic E-state index is 6.54. The highest BCUT2D eigenvalue weighted by atomic mass is 32.1. The van der Waals surface area contributed by atoms with E-state index in [4.69, 9.17) is 9.40 Å². The Balaban J connectivity index is 0.906. The van der Waals surface area contributed by atoms with E-state index in [0.29, 0.717) is 5.58 Å². The molecular formula is C50H30N2OS. The van der Waals surface area contributed by atoms with Gasteiger partial charge in [-0.05, 0) is 80.2 Å². The average Bonchev–Trinajstić information content (AvgIpc) is 3.83. The molecule has 3 nitrogen and oxygen atoms in total. The normalized spacial score (nSPS) is 11.7. The summed E-state index contributed by atoms with van der Waals surface area (Å²) in [4.78, 5) is 9.35. The number of fused-ring (bicyclic) bond motifs is 8. The van der Waals surface area contributed by atoms with Crippen LogP contribution in [0.2, 0.25) is 0 Å². The summed E-state index contributed by atoms with van der Waals surface area (Å²) in [7, 11) is 0. The summed E-state index contributed by atoms with van der Waals surface area (Å²) in [6.07, 6.45) is 1.64. The molecule has 8 aromatic carbocycles. The highest BCUT2D eigenvalue weighted by molar-refractivity contribution is 7.26. The Morgan fingerprint density at radius 1 is 0.389 bits per heavy atom. The molecule has 11 aromatic rings. The van der Waals surface area contributed by atoms with Crippen LogP contribution >= 0.6 is 11.3 Å². The van der Waals surface area contributed by atoms with E-state index in [1.54, 1.807) is 6.33 Å². The van der Waals surface area contributed by atoms with Crippen LogP contribution in [0.3, 0.4) is 0 Å². The molecule has 252 valence electrons. The zero-order chi connectivity index (χ0) is 35.6. The summed E-state index contributed by atoms with van der Waals surface area (Å²) in [5.74, 6) is 0. The van der Waals surface area contributed by atoms with E-state index in [-0.39, 0.29) is 0 Å². The lowest BCUT2D eigenvalue weighted by Gasteiger charge is -2.10. The van der Waals surface area contributed by atoms with Gasteiger partial charge in [0.25, 0.3) is 0 Å². The van der Waals surface area contributed by atoms with Gasteiger partial charge < -0.3 is 4.42 Å². The summed E-state index contributed by atoms with van der Waals surface area (Å²) in [6.45, 7) is 0. The fourth-order valence-electron chi connectivity index (χ4n) is 7.93. The molecule has 0 atom stereocenters. The van der Waals surface area contributed by atoms with E-state index in [2.05, 4.69) is 169 Å². The number of aromatic nitrogens is 2. The predicted octanol–water partition coefficient (Wildman–Crippen LogP) is 14.2. The molecule has 0 fully saturated rings. The lowest BCUT2D eigenvalue weighted by atomic mass is 9.94. The van der Waals surface area contributed by atoms with Gasteiger partial charge in [-0.25, -0.2) is 9.97 Å². The molecule has 3 aromatic heterocycles. The van der Waals surface area contributed by atoms with Gasteiger partial charge in [0, 0.05) is 36.5 Å². The van der Waals surface area contributed by atoms with Crippen molar-refractivity contribution in [2.45, 2.75) is 0 Å². The zero-order valence-electron chi connectivity index (χ0n) is 29.0. The molecule has 11 rings (SSSR count). The second-order valence-corrected chi connectivity index (χ2v) is 14.8. The topological polar surface area (TPSA) is 38.9 Å². The number of hydrogen-bond acceptors (Lipinski definition) is 4. The molecule has 54 heavy (non-hydrogen) atoms. The van der Waals surface area contributed by atoms with Gasteiger partial charge in [0.1, 0.15) is 23.1 Å². The van der Waals surface area contributed by atoms with Gasteiger partial charge in [0.2, 0.25) is 0 Å². The van der Waals surface area contributed by atoms with Crippen molar-refractivity contribution >= 4 is 64.4 Å². The van der Waals surface area contributed by atoms with Crippen LogP contribution in [0.15, 0.2) is 187 Å². The van der Waals surface area contributed by atoms with Crippen LogP contribution in [0.25, 0.3) is 109 Å². The first-order valence-corrected chi connectivity index (χ1v) is 18.9. The second kappa shape index (κ2) is 12.4. The number of rotatable bonds is 5. The monoisotopic (exact) mass is 706 g/mol. The molecule has 0 aliphatic rings. The van der Waals surface area contributed by atoms with Gasteiger partial charge in [0.15, 0.2) is 5.58 Å². The molecule has 0 bridgehead atoms. The van der Waals surface area contributed by atoms with Gasteiger partial charge in [0.05, 0.1) is 0 Å².